The number of anilines is 1. The number of hydrogen-bond donors (Lipinski definition) is 1. The Kier molecular flexibility index (Phi) is 4.24. The molecule has 0 radical (unpaired) electrons. The fourth-order valence-corrected chi connectivity index (χ4v) is 4.92. The predicted octanol–water partition coefficient (Wildman–Crippen LogP) is 2.61. The fourth-order valence-electron chi connectivity index (χ4n) is 4.92. The molecule has 0 unspecified atom stereocenters. The summed E-state index contributed by atoms with van der Waals surface area (Å²) in [6, 6.07) is 8.67. The summed E-state index contributed by atoms with van der Waals surface area (Å²) in [5.41, 5.74) is 3.58. The summed E-state index contributed by atoms with van der Waals surface area (Å²) in [5, 5.41) is 11.3. The van der Waals surface area contributed by atoms with Crippen molar-refractivity contribution in [2.24, 2.45) is 0 Å². The van der Waals surface area contributed by atoms with Crippen LogP contribution in [0.3, 0.4) is 0 Å². The molecule has 1 aromatic carbocycles. The van der Waals surface area contributed by atoms with Gasteiger partial charge in [0.15, 0.2) is 0 Å². The van der Waals surface area contributed by atoms with Gasteiger partial charge >= 0.3 is 0 Å². The molecule has 1 N–H and O–H groups in total. The number of rotatable bonds is 2. The second-order valence-electron chi connectivity index (χ2n) is 8.01. The van der Waals surface area contributed by atoms with E-state index in [1.165, 1.54) is 11.1 Å². The fraction of sp³-hybridized carbons (Fsp3) is 0.524. The average molecular weight is 352 g/mol. The first kappa shape index (κ1) is 17.4. The van der Waals surface area contributed by atoms with Crippen molar-refractivity contribution in [2.45, 2.75) is 44.2 Å². The lowest BCUT2D eigenvalue weighted by Crippen LogP contribution is -2.49. The minimum absolute atomic E-state index is 0.0702. The smallest absolute Gasteiger partial charge is 0.135 e. The lowest BCUT2D eigenvalue weighted by atomic mass is 9.72. The maximum absolute atomic E-state index is 11.3. The van der Waals surface area contributed by atoms with Gasteiger partial charge in [0.1, 0.15) is 11.6 Å². The molecular weight excluding hydrogens is 324 g/mol. The molecule has 5 nitrogen and oxygen atoms in total. The van der Waals surface area contributed by atoms with E-state index in [2.05, 4.69) is 65.1 Å². The normalized spacial score (nSPS) is 24.3. The number of likely N-dealkylation sites (N-methyl/N-ethyl adjacent to an activating group) is 1. The van der Waals surface area contributed by atoms with Gasteiger partial charge in [-0.15, -0.1) is 0 Å². The summed E-state index contributed by atoms with van der Waals surface area (Å²) in [4.78, 5) is 13.5. The van der Waals surface area contributed by atoms with Crippen LogP contribution in [0.25, 0.3) is 0 Å². The molecule has 2 aromatic rings. The van der Waals surface area contributed by atoms with Gasteiger partial charge in [-0.3, -0.25) is 0 Å². The van der Waals surface area contributed by atoms with Gasteiger partial charge in [0.2, 0.25) is 0 Å². The SMILES string of the molecule is Cc1ncc(C)c(N2CCC3(CC2)c2ccccc2[C@@H](N(C)C)[C@@H]3O)n1. The number of aliphatic hydroxyl groups excluding tert-OH is 1. The monoisotopic (exact) mass is 352 g/mol. The Morgan fingerprint density at radius 1 is 1.15 bits per heavy atom. The van der Waals surface area contributed by atoms with Crippen LogP contribution in [0.15, 0.2) is 30.5 Å². The molecule has 1 aromatic heterocycles. The van der Waals surface area contributed by atoms with E-state index in [1.54, 1.807) is 0 Å². The summed E-state index contributed by atoms with van der Waals surface area (Å²) >= 11 is 0. The minimum Gasteiger partial charge on any atom is -0.390 e. The van der Waals surface area contributed by atoms with Crippen molar-refractivity contribution in [2.75, 3.05) is 32.1 Å². The minimum atomic E-state index is -0.370. The van der Waals surface area contributed by atoms with Gasteiger partial charge in [-0.25, -0.2) is 9.97 Å². The standard InChI is InChI=1S/C21H28N4O/c1-14-13-22-15(2)23-20(14)25-11-9-21(10-12-25)17-8-6-5-7-16(17)18(19(21)26)24(3)4/h5-8,13,18-19,26H,9-12H2,1-4H3/t18-,19+/m1/s1. The molecule has 2 heterocycles. The van der Waals surface area contributed by atoms with Gasteiger partial charge < -0.3 is 14.9 Å². The summed E-state index contributed by atoms with van der Waals surface area (Å²) < 4.78 is 0. The second kappa shape index (κ2) is 6.32. The van der Waals surface area contributed by atoms with Gasteiger partial charge in [0.05, 0.1) is 12.1 Å². The molecule has 1 aliphatic carbocycles. The predicted molar refractivity (Wildman–Crippen MR) is 104 cm³/mol. The van der Waals surface area contributed by atoms with Crippen molar-refractivity contribution in [1.82, 2.24) is 14.9 Å². The highest BCUT2D eigenvalue weighted by Gasteiger charge is 2.53. The Hall–Kier alpha value is -1.98. The molecule has 0 saturated carbocycles. The third kappa shape index (κ3) is 2.53. The van der Waals surface area contributed by atoms with Crippen LogP contribution in [0.5, 0.6) is 0 Å². The Morgan fingerprint density at radius 2 is 1.85 bits per heavy atom. The lowest BCUT2D eigenvalue weighted by Gasteiger charge is -2.44. The molecule has 0 bridgehead atoms. The van der Waals surface area contributed by atoms with Crippen molar-refractivity contribution < 1.29 is 5.11 Å². The Labute approximate surface area is 155 Å². The van der Waals surface area contributed by atoms with Crippen LogP contribution in [-0.2, 0) is 5.41 Å². The quantitative estimate of drug-likeness (QED) is 0.900. The van der Waals surface area contributed by atoms with Gasteiger partial charge in [0.25, 0.3) is 0 Å². The van der Waals surface area contributed by atoms with Crippen molar-refractivity contribution in [3.05, 3.63) is 53.0 Å². The first-order valence-corrected chi connectivity index (χ1v) is 9.43. The Balaban J connectivity index is 1.65. The maximum Gasteiger partial charge on any atom is 0.135 e. The molecule has 138 valence electrons. The number of benzene rings is 1. The number of hydrogen-bond acceptors (Lipinski definition) is 5. The van der Waals surface area contributed by atoms with Crippen molar-refractivity contribution in [1.29, 1.82) is 0 Å². The van der Waals surface area contributed by atoms with E-state index >= 15 is 0 Å². The number of fused-ring (bicyclic) bond motifs is 2. The van der Waals surface area contributed by atoms with Crippen LogP contribution in [0.4, 0.5) is 5.82 Å². The topological polar surface area (TPSA) is 52.5 Å². The molecule has 1 saturated heterocycles. The van der Waals surface area contributed by atoms with E-state index in [0.29, 0.717) is 0 Å². The van der Waals surface area contributed by atoms with Crippen LogP contribution in [0.1, 0.15) is 41.4 Å². The van der Waals surface area contributed by atoms with Crippen LogP contribution in [-0.4, -0.2) is 53.3 Å². The number of piperidine rings is 1. The van der Waals surface area contributed by atoms with E-state index in [9.17, 15) is 5.11 Å². The highest BCUT2D eigenvalue weighted by Crippen LogP contribution is 2.52. The third-order valence-electron chi connectivity index (χ3n) is 6.26. The molecule has 1 fully saturated rings. The molecule has 2 atom stereocenters. The summed E-state index contributed by atoms with van der Waals surface area (Å²) in [5.74, 6) is 1.85. The zero-order valence-corrected chi connectivity index (χ0v) is 16.1. The molecular formula is C21H28N4O. The number of aliphatic hydroxyl groups is 1. The first-order chi connectivity index (χ1) is 12.4. The van der Waals surface area contributed by atoms with E-state index < -0.39 is 0 Å². The van der Waals surface area contributed by atoms with E-state index in [1.807, 2.05) is 13.1 Å². The van der Waals surface area contributed by atoms with Gasteiger partial charge in [-0.2, -0.15) is 0 Å². The van der Waals surface area contributed by atoms with E-state index in [-0.39, 0.29) is 17.6 Å². The van der Waals surface area contributed by atoms with E-state index in [4.69, 9.17) is 0 Å². The molecule has 0 amide bonds. The Bertz CT molecular complexity index is 811. The van der Waals surface area contributed by atoms with Crippen LogP contribution >= 0.6 is 0 Å². The molecule has 4 rings (SSSR count). The van der Waals surface area contributed by atoms with Crippen molar-refractivity contribution >= 4 is 5.82 Å². The van der Waals surface area contributed by atoms with Crippen LogP contribution < -0.4 is 4.90 Å². The summed E-state index contributed by atoms with van der Waals surface area (Å²) in [6.45, 7) is 5.82. The summed E-state index contributed by atoms with van der Waals surface area (Å²) in [6.07, 6.45) is 3.42. The largest absolute Gasteiger partial charge is 0.390 e. The zero-order valence-electron chi connectivity index (χ0n) is 16.1. The van der Waals surface area contributed by atoms with Gasteiger partial charge in [-0.05, 0) is 51.9 Å². The van der Waals surface area contributed by atoms with Crippen LogP contribution in [0.2, 0.25) is 0 Å². The lowest BCUT2D eigenvalue weighted by molar-refractivity contribution is 0.0166. The van der Waals surface area contributed by atoms with Crippen molar-refractivity contribution in [3.8, 4) is 0 Å². The van der Waals surface area contributed by atoms with Gasteiger partial charge in [-0.1, -0.05) is 24.3 Å². The average Bonchev–Trinajstić information content (AvgIpc) is 2.87. The second-order valence-corrected chi connectivity index (χ2v) is 8.01. The number of aryl methyl sites for hydroxylation is 2. The van der Waals surface area contributed by atoms with Crippen molar-refractivity contribution in [3.63, 3.8) is 0 Å². The molecule has 1 spiro atoms. The molecule has 1 aliphatic heterocycles. The van der Waals surface area contributed by atoms with E-state index in [0.717, 1.165) is 43.1 Å². The molecule has 26 heavy (non-hydrogen) atoms. The van der Waals surface area contributed by atoms with Gasteiger partial charge in [0, 0.05) is 30.3 Å². The maximum atomic E-state index is 11.3. The zero-order chi connectivity index (χ0) is 18.5. The first-order valence-electron chi connectivity index (χ1n) is 9.43. The number of aromatic nitrogens is 2. The highest BCUT2D eigenvalue weighted by atomic mass is 16.3. The number of nitrogens with zero attached hydrogens (tertiary/aromatic N) is 4. The molecule has 5 heteroatoms. The summed E-state index contributed by atoms with van der Waals surface area (Å²) in [7, 11) is 4.12. The Morgan fingerprint density at radius 3 is 2.54 bits per heavy atom. The third-order valence-corrected chi connectivity index (χ3v) is 6.26. The highest BCUT2D eigenvalue weighted by molar-refractivity contribution is 5.50. The van der Waals surface area contributed by atoms with Crippen LogP contribution in [0, 0.1) is 13.8 Å². The molecule has 2 aliphatic rings.